The van der Waals surface area contributed by atoms with Gasteiger partial charge < -0.3 is 18.6 Å². The molecule has 1 fully saturated rings. The average Bonchev–Trinajstić information content (AvgIpc) is 3.48. The lowest BCUT2D eigenvalue weighted by molar-refractivity contribution is -0.132. The molecule has 1 atom stereocenters. The number of rotatable bonds is 7. The van der Waals surface area contributed by atoms with Crippen LogP contribution in [0, 0.1) is 0 Å². The fourth-order valence-electron chi connectivity index (χ4n) is 4.04. The Hall–Kier alpha value is -3.16. The van der Waals surface area contributed by atoms with E-state index < -0.39 is 0 Å². The van der Waals surface area contributed by atoms with Crippen LogP contribution in [0.15, 0.2) is 41.2 Å². The quantitative estimate of drug-likeness (QED) is 0.574. The zero-order chi connectivity index (χ0) is 21.8. The number of likely N-dealkylation sites (tertiary alicyclic amines) is 1. The number of carbonyl (C=O) groups excluding carboxylic acids is 1. The van der Waals surface area contributed by atoms with E-state index in [0.717, 1.165) is 36.5 Å². The fraction of sp³-hybridized carbons (Fsp3) is 0.478. The van der Waals surface area contributed by atoms with Crippen molar-refractivity contribution in [1.29, 1.82) is 0 Å². The van der Waals surface area contributed by atoms with E-state index >= 15 is 0 Å². The van der Waals surface area contributed by atoms with E-state index in [1.165, 1.54) is 0 Å². The number of oxazole rings is 1. The van der Waals surface area contributed by atoms with Crippen molar-refractivity contribution < 1.29 is 13.9 Å². The number of hydrogen-bond donors (Lipinski definition) is 0. The van der Waals surface area contributed by atoms with Crippen LogP contribution in [0.2, 0.25) is 0 Å². The predicted molar refractivity (Wildman–Crippen MR) is 116 cm³/mol. The van der Waals surface area contributed by atoms with Gasteiger partial charge in [0.05, 0.1) is 13.3 Å². The third-order valence-corrected chi connectivity index (χ3v) is 5.78. The molecule has 3 aromatic rings. The highest BCUT2D eigenvalue weighted by Gasteiger charge is 2.28. The molecule has 1 aliphatic rings. The van der Waals surface area contributed by atoms with Gasteiger partial charge >= 0.3 is 0 Å². The minimum absolute atomic E-state index is 0.129. The summed E-state index contributed by atoms with van der Waals surface area (Å²) in [5.41, 5.74) is 0.930. The van der Waals surface area contributed by atoms with Crippen LogP contribution in [0.3, 0.4) is 0 Å². The maximum absolute atomic E-state index is 12.9. The predicted octanol–water partition coefficient (Wildman–Crippen LogP) is 3.86. The van der Waals surface area contributed by atoms with Gasteiger partial charge in [0.25, 0.3) is 0 Å². The van der Waals surface area contributed by atoms with Gasteiger partial charge in [-0.15, -0.1) is 10.2 Å². The number of amides is 1. The summed E-state index contributed by atoms with van der Waals surface area (Å²) in [6.07, 6.45) is 6.35. The number of benzene rings is 1. The van der Waals surface area contributed by atoms with Crippen molar-refractivity contribution >= 4 is 5.91 Å². The van der Waals surface area contributed by atoms with Crippen LogP contribution >= 0.6 is 0 Å². The average molecular weight is 424 g/mol. The first kappa shape index (κ1) is 21.1. The zero-order valence-corrected chi connectivity index (χ0v) is 18.3. The van der Waals surface area contributed by atoms with Crippen molar-refractivity contribution in [2.24, 2.45) is 0 Å². The highest BCUT2D eigenvalue weighted by atomic mass is 16.5. The summed E-state index contributed by atoms with van der Waals surface area (Å²) in [5.74, 6) is 3.39. The van der Waals surface area contributed by atoms with Crippen molar-refractivity contribution in [3.8, 4) is 17.1 Å². The highest BCUT2D eigenvalue weighted by molar-refractivity contribution is 5.76. The third kappa shape index (κ3) is 4.78. The normalized spacial score (nSPS) is 16.6. The molecule has 1 aromatic carbocycles. The van der Waals surface area contributed by atoms with Gasteiger partial charge in [-0.3, -0.25) is 4.79 Å². The number of ether oxygens (including phenoxy) is 1. The lowest BCUT2D eigenvalue weighted by atomic mass is 9.96. The molecule has 8 nitrogen and oxygen atoms in total. The van der Waals surface area contributed by atoms with E-state index in [1.54, 1.807) is 19.6 Å². The largest absolute Gasteiger partial charge is 0.497 e. The summed E-state index contributed by atoms with van der Waals surface area (Å²) in [4.78, 5) is 19.1. The summed E-state index contributed by atoms with van der Waals surface area (Å²) >= 11 is 0. The van der Waals surface area contributed by atoms with Crippen LogP contribution in [0.1, 0.15) is 56.8 Å². The molecule has 0 radical (unpaired) electrons. The Labute approximate surface area is 182 Å². The Morgan fingerprint density at radius 1 is 1.29 bits per heavy atom. The van der Waals surface area contributed by atoms with Gasteiger partial charge in [0, 0.05) is 43.5 Å². The molecule has 1 aliphatic heterocycles. The molecule has 3 heterocycles. The molecular formula is C23H29N5O3. The number of nitrogens with zero attached hydrogens (tertiary/aromatic N) is 5. The second kappa shape index (κ2) is 9.32. The molecule has 0 saturated carbocycles. The lowest BCUT2D eigenvalue weighted by Gasteiger charge is -2.32. The second-order valence-corrected chi connectivity index (χ2v) is 8.22. The van der Waals surface area contributed by atoms with Gasteiger partial charge in [0.1, 0.15) is 17.9 Å². The number of aromatic nitrogens is 4. The molecule has 0 N–H and O–H groups in total. The molecule has 164 valence electrons. The Kier molecular flexibility index (Phi) is 6.34. The smallest absolute Gasteiger partial charge is 0.223 e. The molecule has 1 amide bonds. The third-order valence-electron chi connectivity index (χ3n) is 5.78. The number of piperidine rings is 1. The first-order valence-corrected chi connectivity index (χ1v) is 10.8. The summed E-state index contributed by atoms with van der Waals surface area (Å²) in [7, 11) is 1.64. The Morgan fingerprint density at radius 2 is 2.10 bits per heavy atom. The number of carbonyl (C=O) groups is 1. The van der Waals surface area contributed by atoms with E-state index in [2.05, 4.69) is 33.6 Å². The van der Waals surface area contributed by atoms with Gasteiger partial charge in [-0.2, -0.15) is 0 Å². The SMILES string of the molecule is COc1ccc(-c2cnc(CCC(=O)N3CCCC(c4nncn4C(C)C)C3)o2)cc1. The molecule has 31 heavy (non-hydrogen) atoms. The number of methoxy groups -OCH3 is 1. The first-order chi connectivity index (χ1) is 15.0. The van der Waals surface area contributed by atoms with Gasteiger partial charge in [-0.05, 0) is 51.0 Å². The molecule has 1 saturated heterocycles. The van der Waals surface area contributed by atoms with Gasteiger partial charge in [-0.1, -0.05) is 0 Å². The maximum atomic E-state index is 12.9. The van der Waals surface area contributed by atoms with Crippen LogP contribution in [-0.2, 0) is 11.2 Å². The molecule has 8 heteroatoms. The first-order valence-electron chi connectivity index (χ1n) is 10.8. The molecule has 0 bridgehead atoms. The fourth-order valence-corrected chi connectivity index (χ4v) is 4.04. The standard InChI is InChI=1S/C23H29N5O3/c1-16(2)28-15-25-26-23(28)18-5-4-12-27(14-18)22(29)11-10-21-24-13-20(31-21)17-6-8-19(30-3)9-7-17/h6-9,13,15-16,18H,4-5,10-12,14H2,1-3H3. The summed E-state index contributed by atoms with van der Waals surface area (Å²) < 4.78 is 13.1. The topological polar surface area (TPSA) is 86.3 Å². The molecule has 2 aromatic heterocycles. The van der Waals surface area contributed by atoms with Crippen LogP contribution in [-0.4, -0.2) is 50.8 Å². The number of aryl methyl sites for hydroxylation is 1. The molecule has 0 aliphatic carbocycles. The van der Waals surface area contributed by atoms with E-state index in [1.807, 2.05) is 29.2 Å². The van der Waals surface area contributed by atoms with Crippen LogP contribution < -0.4 is 4.74 Å². The monoisotopic (exact) mass is 423 g/mol. The molecule has 4 rings (SSSR count). The van der Waals surface area contributed by atoms with Crippen LogP contribution in [0.5, 0.6) is 5.75 Å². The van der Waals surface area contributed by atoms with E-state index in [0.29, 0.717) is 37.1 Å². The summed E-state index contributed by atoms with van der Waals surface area (Å²) in [6.45, 7) is 5.71. The van der Waals surface area contributed by atoms with Crippen LogP contribution in [0.25, 0.3) is 11.3 Å². The van der Waals surface area contributed by atoms with Crippen molar-refractivity contribution in [3.63, 3.8) is 0 Å². The molecular weight excluding hydrogens is 394 g/mol. The highest BCUT2D eigenvalue weighted by Crippen LogP contribution is 2.28. The lowest BCUT2D eigenvalue weighted by Crippen LogP contribution is -2.40. The van der Waals surface area contributed by atoms with Crippen LogP contribution in [0.4, 0.5) is 0 Å². The van der Waals surface area contributed by atoms with Crippen molar-refractivity contribution in [3.05, 3.63) is 48.5 Å². The molecule has 1 unspecified atom stereocenters. The second-order valence-electron chi connectivity index (χ2n) is 8.22. The number of hydrogen-bond acceptors (Lipinski definition) is 6. The minimum atomic E-state index is 0.129. The van der Waals surface area contributed by atoms with Crippen molar-refractivity contribution in [2.45, 2.75) is 51.5 Å². The zero-order valence-electron chi connectivity index (χ0n) is 18.3. The van der Waals surface area contributed by atoms with Gasteiger partial charge in [0.15, 0.2) is 11.7 Å². The minimum Gasteiger partial charge on any atom is -0.497 e. The van der Waals surface area contributed by atoms with Gasteiger partial charge in [0.2, 0.25) is 5.91 Å². The Balaban J connectivity index is 1.34. The van der Waals surface area contributed by atoms with E-state index in [-0.39, 0.29) is 11.8 Å². The van der Waals surface area contributed by atoms with E-state index in [9.17, 15) is 4.79 Å². The summed E-state index contributed by atoms with van der Waals surface area (Å²) in [6, 6.07) is 7.93. The van der Waals surface area contributed by atoms with E-state index in [4.69, 9.17) is 9.15 Å². The molecule has 0 spiro atoms. The maximum Gasteiger partial charge on any atom is 0.223 e. The van der Waals surface area contributed by atoms with Crippen molar-refractivity contribution in [1.82, 2.24) is 24.6 Å². The van der Waals surface area contributed by atoms with Crippen molar-refractivity contribution in [2.75, 3.05) is 20.2 Å². The Bertz CT molecular complexity index is 1010. The van der Waals surface area contributed by atoms with Gasteiger partial charge in [-0.25, -0.2) is 4.98 Å². The summed E-state index contributed by atoms with van der Waals surface area (Å²) in [5, 5.41) is 8.42. The Morgan fingerprint density at radius 3 is 2.84 bits per heavy atom.